The van der Waals surface area contributed by atoms with Gasteiger partial charge >= 0.3 is 12.1 Å². The number of amides is 1. The van der Waals surface area contributed by atoms with E-state index in [0.717, 1.165) is 35.4 Å². The van der Waals surface area contributed by atoms with Crippen molar-refractivity contribution in [1.29, 1.82) is 0 Å². The van der Waals surface area contributed by atoms with E-state index in [0.29, 0.717) is 39.1 Å². The number of rotatable bonds is 16. The van der Waals surface area contributed by atoms with E-state index in [2.05, 4.69) is 19.9 Å². The molecule has 1 fully saturated rings. The summed E-state index contributed by atoms with van der Waals surface area (Å²) in [6.07, 6.45) is -5.59. The number of carboxylic acid groups (broad SMARTS) is 1. The number of piperidine rings is 1. The Morgan fingerprint density at radius 3 is 2.55 bits per heavy atom. The first-order chi connectivity index (χ1) is 22.3. The fourth-order valence-electron chi connectivity index (χ4n) is 5.33. The van der Waals surface area contributed by atoms with Gasteiger partial charge in [-0.3, -0.25) is 14.1 Å². The number of aromatic carboxylic acids is 1. The fourth-order valence-corrected chi connectivity index (χ4v) is 6.34. The Bertz CT molecular complexity index is 1430. The third-order valence-corrected chi connectivity index (χ3v) is 9.30. The Morgan fingerprint density at radius 2 is 1.89 bits per heavy atom. The molecular weight excluding hydrogens is 641 g/mol. The number of ether oxygens (including phenoxy) is 2. The van der Waals surface area contributed by atoms with E-state index in [9.17, 15) is 33.0 Å². The van der Waals surface area contributed by atoms with Crippen LogP contribution in [-0.2, 0) is 22.1 Å². The maximum Gasteiger partial charge on any atom is 0.416 e. The lowest BCUT2D eigenvalue weighted by molar-refractivity contribution is -0.137. The predicted octanol–water partition coefficient (Wildman–Crippen LogP) is 3.04. The van der Waals surface area contributed by atoms with Gasteiger partial charge in [0.05, 0.1) is 37.1 Å². The molecule has 0 bridgehead atoms. The molecule has 2 atom stereocenters. The van der Waals surface area contributed by atoms with Gasteiger partial charge in [0.25, 0.3) is 5.91 Å². The third kappa shape index (κ3) is 9.90. The number of aliphatic hydroxyl groups excluding tert-OH is 2. The molecule has 0 aliphatic carbocycles. The number of halogens is 3. The molecule has 11 nitrogen and oxygen atoms in total. The van der Waals surface area contributed by atoms with Crippen LogP contribution in [0.25, 0.3) is 0 Å². The van der Waals surface area contributed by atoms with E-state index in [4.69, 9.17) is 14.6 Å². The standard InChI is InChI=1S/C32H41F3N4O7S/c1-20-15-22(29(42)43)4-3-21(20)6-14-47-39-10-7-31(8-11-39)30(44)37-28(38-31)23-16-24(32(33,34)35)18-25(17-23)46-12-5-26(40)27(41)19-45-13-9-36-2/h3-4,15-18,26-27,36,40-41H,5-14,19H2,1-2H3,(H,42,43)(H,37,38,44)/t26-,27+/m0/s1. The van der Waals surface area contributed by atoms with E-state index < -0.39 is 35.5 Å². The smallest absolute Gasteiger partial charge is 0.416 e. The number of hydrogen-bond donors (Lipinski definition) is 5. The molecule has 1 amide bonds. The molecule has 47 heavy (non-hydrogen) atoms. The van der Waals surface area contributed by atoms with Gasteiger partial charge in [-0.2, -0.15) is 13.2 Å². The van der Waals surface area contributed by atoms with Gasteiger partial charge in [0.2, 0.25) is 0 Å². The number of carbonyl (C=O) groups is 2. The lowest BCUT2D eigenvalue weighted by Crippen LogP contribution is -2.47. The number of nitrogens with zero attached hydrogens (tertiary/aromatic N) is 2. The average Bonchev–Trinajstić information content (AvgIpc) is 3.35. The summed E-state index contributed by atoms with van der Waals surface area (Å²) in [6, 6.07) is 8.20. The Balaban J connectivity index is 1.35. The molecule has 0 aromatic heterocycles. The van der Waals surface area contributed by atoms with Gasteiger partial charge in [-0.1, -0.05) is 18.0 Å². The molecule has 2 heterocycles. The van der Waals surface area contributed by atoms with Crippen LogP contribution >= 0.6 is 11.9 Å². The molecule has 2 aliphatic rings. The van der Waals surface area contributed by atoms with Gasteiger partial charge in [-0.15, -0.1) is 0 Å². The summed E-state index contributed by atoms with van der Waals surface area (Å²) in [5.74, 6) is -0.638. The van der Waals surface area contributed by atoms with E-state index in [1.807, 2.05) is 13.0 Å². The number of alkyl halides is 3. The highest BCUT2D eigenvalue weighted by atomic mass is 32.2. The number of carbonyl (C=O) groups excluding carboxylic acids is 1. The van der Waals surface area contributed by atoms with Crippen molar-refractivity contribution in [3.8, 4) is 5.75 Å². The summed E-state index contributed by atoms with van der Waals surface area (Å²) >= 11 is 1.63. The average molecular weight is 683 g/mol. The first-order valence-corrected chi connectivity index (χ1v) is 16.3. The van der Waals surface area contributed by atoms with Gasteiger partial charge in [-0.25, -0.2) is 4.79 Å². The van der Waals surface area contributed by atoms with Crippen LogP contribution in [0, 0.1) is 6.92 Å². The molecular formula is C32H41F3N4O7S. The highest BCUT2D eigenvalue weighted by Gasteiger charge is 2.46. The minimum absolute atomic E-state index is 0.0431. The van der Waals surface area contributed by atoms with Crippen molar-refractivity contribution < 1.29 is 47.6 Å². The molecule has 2 aromatic carbocycles. The maximum atomic E-state index is 13.8. The van der Waals surface area contributed by atoms with Crippen molar-refractivity contribution in [2.24, 2.45) is 4.99 Å². The SMILES string of the molecule is CNCCOC[C@@H](O)[C@@H](O)CCOc1cc(C2=NC3(CCN(SCCc4ccc(C(=O)O)cc4C)CC3)C(=O)N2)cc(C(F)(F)F)c1. The highest BCUT2D eigenvalue weighted by molar-refractivity contribution is 7.97. The van der Waals surface area contributed by atoms with E-state index in [1.165, 1.54) is 6.07 Å². The van der Waals surface area contributed by atoms with Crippen LogP contribution in [0.5, 0.6) is 5.75 Å². The zero-order chi connectivity index (χ0) is 34.2. The van der Waals surface area contributed by atoms with Crippen molar-refractivity contribution in [3.05, 3.63) is 64.2 Å². The molecule has 0 unspecified atom stereocenters. The van der Waals surface area contributed by atoms with Gasteiger partial charge < -0.3 is 35.4 Å². The molecule has 1 spiro atoms. The Labute approximate surface area is 275 Å². The minimum atomic E-state index is -4.69. The molecule has 0 radical (unpaired) electrons. The predicted molar refractivity (Wildman–Crippen MR) is 171 cm³/mol. The van der Waals surface area contributed by atoms with Crippen LogP contribution in [0.2, 0.25) is 0 Å². The van der Waals surface area contributed by atoms with Crippen LogP contribution in [0.15, 0.2) is 41.4 Å². The monoisotopic (exact) mass is 682 g/mol. The maximum absolute atomic E-state index is 13.8. The summed E-state index contributed by atoms with van der Waals surface area (Å²) in [5, 5.41) is 35.0. The van der Waals surface area contributed by atoms with Crippen LogP contribution in [0.4, 0.5) is 13.2 Å². The number of nitrogens with one attached hydrogen (secondary N) is 2. The number of aliphatic hydroxyl groups is 2. The van der Waals surface area contributed by atoms with Crippen molar-refractivity contribution in [3.63, 3.8) is 0 Å². The first-order valence-electron chi connectivity index (χ1n) is 15.4. The molecule has 15 heteroatoms. The minimum Gasteiger partial charge on any atom is -0.493 e. The zero-order valence-corrected chi connectivity index (χ0v) is 27.1. The number of benzene rings is 2. The molecule has 258 valence electrons. The number of aryl methyl sites for hydroxylation is 2. The highest BCUT2D eigenvalue weighted by Crippen LogP contribution is 2.36. The summed E-state index contributed by atoms with van der Waals surface area (Å²) in [6.45, 7) is 3.64. The molecule has 1 saturated heterocycles. The number of carboxylic acids is 1. The Kier molecular flexibility index (Phi) is 12.7. The lowest BCUT2D eigenvalue weighted by Gasteiger charge is -2.34. The first kappa shape index (κ1) is 36.6. The third-order valence-electron chi connectivity index (χ3n) is 8.18. The van der Waals surface area contributed by atoms with Crippen LogP contribution < -0.4 is 15.4 Å². The summed E-state index contributed by atoms with van der Waals surface area (Å²) in [5.41, 5.74) is 0.218. The van der Waals surface area contributed by atoms with Gasteiger partial charge in [0.1, 0.15) is 23.2 Å². The van der Waals surface area contributed by atoms with E-state index >= 15 is 0 Å². The summed E-state index contributed by atoms with van der Waals surface area (Å²) in [7, 11) is 1.75. The molecule has 2 aromatic rings. The quantitative estimate of drug-likeness (QED) is 0.132. The lowest BCUT2D eigenvalue weighted by atomic mass is 9.89. The van der Waals surface area contributed by atoms with Crippen molar-refractivity contribution >= 4 is 29.7 Å². The number of hydrogen-bond acceptors (Lipinski definition) is 10. The number of likely N-dealkylation sites (N-methyl/N-ethyl adjacent to an activating group) is 1. The van der Waals surface area contributed by atoms with Gasteiger partial charge in [0, 0.05) is 37.4 Å². The second-order valence-electron chi connectivity index (χ2n) is 11.6. The van der Waals surface area contributed by atoms with Crippen LogP contribution in [0.1, 0.15) is 51.9 Å². The summed E-state index contributed by atoms with van der Waals surface area (Å²) < 4.78 is 54.4. The molecule has 4 rings (SSSR count). The number of amidine groups is 1. The molecule has 5 N–H and O–H groups in total. The topological polar surface area (TPSA) is 153 Å². The van der Waals surface area contributed by atoms with E-state index in [-0.39, 0.29) is 48.3 Å². The van der Waals surface area contributed by atoms with E-state index in [1.54, 1.807) is 31.1 Å². The van der Waals surface area contributed by atoms with Crippen molar-refractivity contribution in [2.75, 3.05) is 52.3 Å². The number of aliphatic imine (C=N–C) groups is 1. The second-order valence-corrected chi connectivity index (χ2v) is 12.8. The zero-order valence-electron chi connectivity index (χ0n) is 26.3. The largest absolute Gasteiger partial charge is 0.493 e. The normalized spacial score (nSPS) is 17.8. The summed E-state index contributed by atoms with van der Waals surface area (Å²) in [4.78, 5) is 28.9. The van der Waals surface area contributed by atoms with Crippen LogP contribution in [-0.4, -0.2) is 107 Å². The second kappa shape index (κ2) is 16.3. The van der Waals surface area contributed by atoms with Crippen molar-refractivity contribution in [1.82, 2.24) is 14.9 Å². The van der Waals surface area contributed by atoms with Gasteiger partial charge in [-0.05, 0) is 74.7 Å². The molecule has 0 saturated carbocycles. The molecule has 2 aliphatic heterocycles. The van der Waals surface area contributed by atoms with Crippen molar-refractivity contribution in [2.45, 2.75) is 56.5 Å². The Hall–Kier alpha value is -3.21. The van der Waals surface area contributed by atoms with Crippen LogP contribution in [0.3, 0.4) is 0 Å². The fraction of sp³-hybridized carbons (Fsp3) is 0.531. The Morgan fingerprint density at radius 1 is 1.15 bits per heavy atom. The van der Waals surface area contributed by atoms with Gasteiger partial charge in [0.15, 0.2) is 0 Å².